The number of nitrogens with one attached hydrogen (secondary N) is 1. The first-order valence-electron chi connectivity index (χ1n) is 8.07. The Morgan fingerprint density at radius 2 is 2.10 bits per heavy atom. The van der Waals surface area contributed by atoms with E-state index < -0.39 is 0 Å². The third kappa shape index (κ3) is 2.62. The maximum absolute atomic E-state index is 5.71. The summed E-state index contributed by atoms with van der Waals surface area (Å²) in [5.74, 6) is 1.77. The van der Waals surface area contributed by atoms with Gasteiger partial charge in [0, 0.05) is 29.8 Å². The van der Waals surface area contributed by atoms with Crippen LogP contribution in [-0.4, -0.2) is 33.3 Å². The van der Waals surface area contributed by atoms with Crippen LogP contribution in [0.1, 0.15) is 54.2 Å². The molecule has 1 aliphatic heterocycles. The van der Waals surface area contributed by atoms with E-state index in [9.17, 15) is 0 Å². The van der Waals surface area contributed by atoms with Gasteiger partial charge in [-0.05, 0) is 51.6 Å². The van der Waals surface area contributed by atoms with Gasteiger partial charge in [-0.3, -0.25) is 10.00 Å². The van der Waals surface area contributed by atoms with Crippen molar-refractivity contribution in [2.75, 3.05) is 13.1 Å². The fraction of sp³-hybridized carbons (Fsp3) is 0.625. The van der Waals surface area contributed by atoms with E-state index in [0.29, 0.717) is 5.92 Å². The lowest BCUT2D eigenvalue weighted by Gasteiger charge is -2.31. The molecule has 3 heterocycles. The minimum Gasteiger partial charge on any atom is -0.361 e. The molecule has 2 aromatic heterocycles. The minimum atomic E-state index is 0.569. The summed E-state index contributed by atoms with van der Waals surface area (Å²) in [6.45, 7) is 3.26. The molecule has 0 saturated carbocycles. The molecule has 1 saturated heterocycles. The van der Waals surface area contributed by atoms with Gasteiger partial charge in [0.15, 0.2) is 0 Å². The lowest BCUT2D eigenvalue weighted by Crippen LogP contribution is -2.32. The van der Waals surface area contributed by atoms with Crippen LogP contribution in [0.2, 0.25) is 0 Å². The molecule has 5 nitrogen and oxygen atoms in total. The molecule has 1 fully saturated rings. The van der Waals surface area contributed by atoms with Gasteiger partial charge in [0.05, 0.1) is 11.9 Å². The van der Waals surface area contributed by atoms with Gasteiger partial charge in [0.1, 0.15) is 5.76 Å². The van der Waals surface area contributed by atoms with Crippen LogP contribution in [0.4, 0.5) is 0 Å². The quantitative estimate of drug-likeness (QED) is 0.942. The van der Waals surface area contributed by atoms with Crippen molar-refractivity contribution in [1.29, 1.82) is 0 Å². The van der Waals surface area contributed by atoms with Crippen LogP contribution in [0.15, 0.2) is 16.9 Å². The average Bonchev–Trinajstić information content (AvgIpc) is 3.17. The van der Waals surface area contributed by atoms with Crippen molar-refractivity contribution in [3.05, 3.63) is 35.0 Å². The normalized spacial score (nSPS) is 20.6. The highest BCUT2D eigenvalue weighted by molar-refractivity contribution is 5.28. The SMILES string of the molecule is c1n[nH]cc1CN1CCC(c2onc3c2CCCC3)CC1. The van der Waals surface area contributed by atoms with Gasteiger partial charge < -0.3 is 4.52 Å². The van der Waals surface area contributed by atoms with Gasteiger partial charge in [-0.1, -0.05) is 5.16 Å². The second-order valence-electron chi connectivity index (χ2n) is 6.34. The Morgan fingerprint density at radius 1 is 1.24 bits per heavy atom. The maximum atomic E-state index is 5.71. The number of H-pyrrole nitrogens is 1. The molecule has 0 atom stereocenters. The van der Waals surface area contributed by atoms with Gasteiger partial charge in [-0.25, -0.2) is 0 Å². The van der Waals surface area contributed by atoms with E-state index in [1.165, 1.54) is 54.7 Å². The topological polar surface area (TPSA) is 58.0 Å². The number of hydrogen-bond acceptors (Lipinski definition) is 4. The zero-order valence-electron chi connectivity index (χ0n) is 12.3. The Balaban J connectivity index is 1.40. The number of fused-ring (bicyclic) bond motifs is 1. The molecule has 1 aliphatic carbocycles. The molecule has 0 aromatic carbocycles. The molecule has 0 radical (unpaired) electrons. The van der Waals surface area contributed by atoms with Gasteiger partial charge in [-0.15, -0.1) is 0 Å². The number of aromatic nitrogens is 3. The number of nitrogens with zero attached hydrogens (tertiary/aromatic N) is 3. The van der Waals surface area contributed by atoms with Crippen molar-refractivity contribution in [3.8, 4) is 0 Å². The number of piperidine rings is 1. The largest absolute Gasteiger partial charge is 0.361 e. The molecular weight excluding hydrogens is 264 g/mol. The first-order valence-corrected chi connectivity index (χ1v) is 8.07. The van der Waals surface area contributed by atoms with Crippen molar-refractivity contribution >= 4 is 0 Å². The van der Waals surface area contributed by atoms with Crippen LogP contribution < -0.4 is 0 Å². The van der Waals surface area contributed by atoms with E-state index in [2.05, 4.69) is 20.3 Å². The fourth-order valence-electron chi connectivity index (χ4n) is 3.71. The molecule has 0 amide bonds. The number of hydrogen-bond donors (Lipinski definition) is 1. The Bertz CT molecular complexity index is 581. The summed E-state index contributed by atoms with van der Waals surface area (Å²) in [4.78, 5) is 2.50. The van der Waals surface area contributed by atoms with Crippen molar-refractivity contribution in [2.45, 2.75) is 51.0 Å². The van der Waals surface area contributed by atoms with Crippen molar-refractivity contribution < 1.29 is 4.52 Å². The van der Waals surface area contributed by atoms with Gasteiger partial charge in [0.25, 0.3) is 0 Å². The molecule has 2 aromatic rings. The van der Waals surface area contributed by atoms with Crippen LogP contribution >= 0.6 is 0 Å². The molecule has 5 heteroatoms. The van der Waals surface area contributed by atoms with E-state index in [-0.39, 0.29) is 0 Å². The van der Waals surface area contributed by atoms with Crippen LogP contribution in [0.3, 0.4) is 0 Å². The molecule has 4 rings (SSSR count). The summed E-state index contributed by atoms with van der Waals surface area (Å²) in [7, 11) is 0. The lowest BCUT2D eigenvalue weighted by atomic mass is 9.87. The summed E-state index contributed by atoms with van der Waals surface area (Å²) in [6.07, 6.45) is 11.1. The van der Waals surface area contributed by atoms with Gasteiger partial charge in [0.2, 0.25) is 0 Å². The first-order chi connectivity index (χ1) is 10.4. The predicted octanol–water partition coefficient (Wildman–Crippen LogP) is 2.66. The van der Waals surface area contributed by atoms with Gasteiger partial charge in [-0.2, -0.15) is 5.10 Å². The van der Waals surface area contributed by atoms with E-state index in [4.69, 9.17) is 4.52 Å². The Morgan fingerprint density at radius 3 is 2.90 bits per heavy atom. The van der Waals surface area contributed by atoms with Crippen LogP contribution in [0.5, 0.6) is 0 Å². The Kier molecular flexibility index (Phi) is 3.51. The maximum Gasteiger partial charge on any atom is 0.143 e. The van der Waals surface area contributed by atoms with Crippen LogP contribution in [0.25, 0.3) is 0 Å². The van der Waals surface area contributed by atoms with Crippen molar-refractivity contribution in [3.63, 3.8) is 0 Å². The summed E-state index contributed by atoms with van der Waals surface area (Å²) in [5, 5.41) is 11.2. The van der Waals surface area contributed by atoms with Crippen molar-refractivity contribution in [1.82, 2.24) is 20.3 Å². The standard InChI is InChI=1S/C16H22N4O/c1-2-4-15-14(3-1)16(21-19-15)13-5-7-20(8-6-13)11-12-9-17-18-10-12/h9-10,13H,1-8,11H2,(H,17,18). The number of aryl methyl sites for hydroxylation is 1. The van der Waals surface area contributed by atoms with Crippen LogP contribution in [0, 0.1) is 0 Å². The summed E-state index contributed by atoms with van der Waals surface area (Å²) >= 11 is 0. The zero-order chi connectivity index (χ0) is 14.1. The highest BCUT2D eigenvalue weighted by Gasteiger charge is 2.28. The second-order valence-corrected chi connectivity index (χ2v) is 6.34. The fourth-order valence-corrected chi connectivity index (χ4v) is 3.71. The predicted molar refractivity (Wildman–Crippen MR) is 79.0 cm³/mol. The van der Waals surface area contributed by atoms with Gasteiger partial charge >= 0.3 is 0 Å². The van der Waals surface area contributed by atoms with E-state index >= 15 is 0 Å². The Hall–Kier alpha value is -1.62. The third-order valence-electron chi connectivity index (χ3n) is 4.91. The van der Waals surface area contributed by atoms with E-state index in [1.807, 2.05) is 12.4 Å². The highest BCUT2D eigenvalue weighted by atomic mass is 16.5. The number of likely N-dealkylation sites (tertiary alicyclic amines) is 1. The minimum absolute atomic E-state index is 0.569. The molecule has 1 N–H and O–H groups in total. The zero-order valence-corrected chi connectivity index (χ0v) is 12.3. The first kappa shape index (κ1) is 13.1. The lowest BCUT2D eigenvalue weighted by molar-refractivity contribution is 0.189. The molecule has 21 heavy (non-hydrogen) atoms. The monoisotopic (exact) mass is 286 g/mol. The van der Waals surface area contributed by atoms with Crippen molar-refractivity contribution in [2.24, 2.45) is 0 Å². The molecule has 112 valence electrons. The van der Waals surface area contributed by atoms with Crippen LogP contribution in [-0.2, 0) is 19.4 Å². The van der Waals surface area contributed by atoms with E-state index in [1.54, 1.807) is 0 Å². The Labute approximate surface area is 124 Å². The summed E-state index contributed by atoms with van der Waals surface area (Å²) in [6, 6.07) is 0. The molecule has 2 aliphatic rings. The molecular formula is C16H22N4O. The molecule has 0 bridgehead atoms. The smallest absolute Gasteiger partial charge is 0.143 e. The molecule has 0 unspecified atom stereocenters. The average molecular weight is 286 g/mol. The summed E-state index contributed by atoms with van der Waals surface area (Å²) in [5.41, 5.74) is 3.94. The molecule has 0 spiro atoms. The number of rotatable bonds is 3. The second kappa shape index (κ2) is 5.64. The van der Waals surface area contributed by atoms with E-state index in [0.717, 1.165) is 26.1 Å². The third-order valence-corrected chi connectivity index (χ3v) is 4.91. The highest BCUT2D eigenvalue weighted by Crippen LogP contribution is 2.35. The number of aromatic amines is 1. The summed E-state index contributed by atoms with van der Waals surface area (Å²) < 4.78 is 5.71.